The molecule has 25 heavy (non-hydrogen) atoms. The van der Waals surface area contributed by atoms with E-state index in [2.05, 4.69) is 53.6 Å². The van der Waals surface area contributed by atoms with E-state index >= 15 is 0 Å². The van der Waals surface area contributed by atoms with Gasteiger partial charge in [0.05, 0.1) is 19.8 Å². The molecule has 0 radical (unpaired) electrons. The lowest BCUT2D eigenvalue weighted by Gasteiger charge is -2.26. The first-order valence-electron chi connectivity index (χ1n) is 9.22. The Kier molecular flexibility index (Phi) is 11.9. The van der Waals surface area contributed by atoms with Crippen LogP contribution >= 0.6 is 24.0 Å². The number of rotatable bonds is 8. The van der Waals surface area contributed by atoms with E-state index in [-0.39, 0.29) is 24.0 Å². The fourth-order valence-corrected chi connectivity index (χ4v) is 2.90. The van der Waals surface area contributed by atoms with E-state index in [9.17, 15) is 0 Å². The summed E-state index contributed by atoms with van der Waals surface area (Å²) >= 11 is 0. The molecule has 0 spiro atoms. The number of hydrogen-bond acceptors (Lipinski definition) is 3. The predicted molar refractivity (Wildman–Crippen MR) is 116 cm³/mol. The average molecular weight is 460 g/mol. The number of morpholine rings is 1. The lowest BCUT2D eigenvalue weighted by atomic mass is 10.1. The van der Waals surface area contributed by atoms with Gasteiger partial charge in [0.15, 0.2) is 5.96 Å². The van der Waals surface area contributed by atoms with Crippen LogP contribution in [0, 0.1) is 0 Å². The van der Waals surface area contributed by atoms with Gasteiger partial charge in [-0.1, -0.05) is 31.2 Å². The van der Waals surface area contributed by atoms with Crippen LogP contribution in [-0.4, -0.2) is 56.8 Å². The monoisotopic (exact) mass is 460 g/mol. The fourth-order valence-electron chi connectivity index (χ4n) is 2.90. The fraction of sp³-hybridized carbons (Fsp3) is 0.632. The molecule has 1 aromatic carbocycles. The number of hydrogen-bond donors (Lipinski definition) is 2. The van der Waals surface area contributed by atoms with Crippen LogP contribution in [0.3, 0.4) is 0 Å². The van der Waals surface area contributed by atoms with E-state index in [1.165, 1.54) is 11.1 Å². The van der Waals surface area contributed by atoms with Crippen molar-refractivity contribution < 1.29 is 4.74 Å². The molecule has 0 atom stereocenters. The van der Waals surface area contributed by atoms with E-state index in [1.54, 1.807) is 0 Å². The normalized spacial score (nSPS) is 15.5. The van der Waals surface area contributed by atoms with Gasteiger partial charge in [-0.2, -0.15) is 0 Å². The molecule has 0 aromatic heterocycles. The summed E-state index contributed by atoms with van der Waals surface area (Å²) in [6.07, 6.45) is 2.17. The molecule has 5 nitrogen and oxygen atoms in total. The van der Waals surface area contributed by atoms with Crippen molar-refractivity contribution in [3.8, 4) is 0 Å². The van der Waals surface area contributed by atoms with Gasteiger partial charge in [0, 0.05) is 26.2 Å². The maximum absolute atomic E-state index is 5.38. The van der Waals surface area contributed by atoms with E-state index in [4.69, 9.17) is 9.73 Å². The van der Waals surface area contributed by atoms with Gasteiger partial charge in [-0.3, -0.25) is 4.90 Å². The number of halogens is 1. The van der Waals surface area contributed by atoms with Gasteiger partial charge in [0.1, 0.15) is 0 Å². The third-order valence-corrected chi connectivity index (χ3v) is 4.30. The molecule has 1 aliphatic rings. The molecule has 0 unspecified atom stereocenters. The summed E-state index contributed by atoms with van der Waals surface area (Å²) in [7, 11) is 0. The Morgan fingerprint density at radius 1 is 1.12 bits per heavy atom. The van der Waals surface area contributed by atoms with Crippen LogP contribution in [0.5, 0.6) is 0 Å². The van der Waals surface area contributed by atoms with Gasteiger partial charge in [0.2, 0.25) is 0 Å². The second kappa shape index (κ2) is 13.4. The molecule has 1 aromatic rings. The van der Waals surface area contributed by atoms with E-state index in [0.29, 0.717) is 0 Å². The Hall–Kier alpha value is -0.860. The van der Waals surface area contributed by atoms with Crippen molar-refractivity contribution >= 4 is 29.9 Å². The van der Waals surface area contributed by atoms with Crippen LogP contribution < -0.4 is 10.6 Å². The Balaban J connectivity index is 0.00000312. The van der Waals surface area contributed by atoms with Crippen LogP contribution in [0.1, 0.15) is 31.4 Å². The standard InChI is InChI=1S/C19H32N4O.HI/c1-3-17-8-5-6-9-18(17)16-22-19(20-4-2)21-10-7-11-23-12-14-24-15-13-23;/h5-6,8-9H,3-4,7,10-16H2,1-2H3,(H2,20,21,22);1H. The summed E-state index contributed by atoms with van der Waals surface area (Å²) in [5.41, 5.74) is 2.69. The zero-order valence-electron chi connectivity index (χ0n) is 15.6. The van der Waals surface area contributed by atoms with Gasteiger partial charge in [-0.05, 0) is 37.4 Å². The van der Waals surface area contributed by atoms with Crippen molar-refractivity contribution in [1.29, 1.82) is 0 Å². The molecule has 1 aliphatic heterocycles. The molecule has 2 N–H and O–H groups in total. The number of aryl methyl sites for hydroxylation is 1. The average Bonchev–Trinajstić information content (AvgIpc) is 2.64. The van der Waals surface area contributed by atoms with Gasteiger partial charge < -0.3 is 15.4 Å². The molecule has 0 amide bonds. The van der Waals surface area contributed by atoms with Gasteiger partial charge in [-0.15, -0.1) is 24.0 Å². The minimum Gasteiger partial charge on any atom is -0.379 e. The molecule has 1 heterocycles. The molecule has 2 rings (SSSR count). The largest absolute Gasteiger partial charge is 0.379 e. The summed E-state index contributed by atoms with van der Waals surface area (Å²) in [4.78, 5) is 7.20. The summed E-state index contributed by atoms with van der Waals surface area (Å²) in [5, 5.41) is 6.78. The van der Waals surface area contributed by atoms with Crippen molar-refractivity contribution in [1.82, 2.24) is 15.5 Å². The quantitative estimate of drug-likeness (QED) is 0.271. The highest BCUT2D eigenvalue weighted by molar-refractivity contribution is 14.0. The zero-order chi connectivity index (χ0) is 17.0. The molecular formula is C19H33IN4O. The first kappa shape index (κ1) is 22.2. The first-order valence-corrected chi connectivity index (χ1v) is 9.22. The highest BCUT2D eigenvalue weighted by Crippen LogP contribution is 2.10. The number of aliphatic imine (C=N–C) groups is 1. The molecule has 0 saturated carbocycles. The van der Waals surface area contributed by atoms with Crippen molar-refractivity contribution in [2.75, 3.05) is 45.9 Å². The van der Waals surface area contributed by atoms with E-state index in [1.807, 2.05) is 0 Å². The number of nitrogens with one attached hydrogen (secondary N) is 2. The lowest BCUT2D eigenvalue weighted by Crippen LogP contribution is -2.40. The Bertz CT molecular complexity index is 504. The van der Waals surface area contributed by atoms with E-state index < -0.39 is 0 Å². The van der Waals surface area contributed by atoms with E-state index in [0.717, 1.165) is 71.3 Å². The molecule has 0 aliphatic carbocycles. The van der Waals surface area contributed by atoms with Crippen LogP contribution in [0.25, 0.3) is 0 Å². The molecule has 6 heteroatoms. The Morgan fingerprint density at radius 2 is 1.84 bits per heavy atom. The number of guanidine groups is 1. The smallest absolute Gasteiger partial charge is 0.191 e. The molecule has 1 saturated heterocycles. The first-order chi connectivity index (χ1) is 11.8. The second-order valence-corrected chi connectivity index (χ2v) is 6.05. The molecule has 142 valence electrons. The Morgan fingerprint density at radius 3 is 2.52 bits per heavy atom. The van der Waals surface area contributed by atoms with Crippen LogP contribution in [-0.2, 0) is 17.7 Å². The van der Waals surface area contributed by atoms with Crippen molar-refractivity contribution in [3.05, 3.63) is 35.4 Å². The summed E-state index contributed by atoms with van der Waals surface area (Å²) < 4.78 is 5.38. The third kappa shape index (κ3) is 8.37. The van der Waals surface area contributed by atoms with Crippen LogP contribution in [0.4, 0.5) is 0 Å². The second-order valence-electron chi connectivity index (χ2n) is 6.05. The lowest BCUT2D eigenvalue weighted by molar-refractivity contribution is 0.0376. The summed E-state index contributed by atoms with van der Waals surface area (Å²) in [6, 6.07) is 8.55. The topological polar surface area (TPSA) is 48.9 Å². The maximum atomic E-state index is 5.38. The summed E-state index contributed by atoms with van der Waals surface area (Å²) in [6.45, 7) is 11.8. The van der Waals surface area contributed by atoms with Gasteiger partial charge in [0.25, 0.3) is 0 Å². The van der Waals surface area contributed by atoms with Crippen molar-refractivity contribution in [2.24, 2.45) is 4.99 Å². The highest BCUT2D eigenvalue weighted by atomic mass is 127. The maximum Gasteiger partial charge on any atom is 0.191 e. The third-order valence-electron chi connectivity index (χ3n) is 4.30. The highest BCUT2D eigenvalue weighted by Gasteiger charge is 2.09. The van der Waals surface area contributed by atoms with Crippen molar-refractivity contribution in [3.63, 3.8) is 0 Å². The summed E-state index contributed by atoms with van der Waals surface area (Å²) in [5.74, 6) is 0.908. The van der Waals surface area contributed by atoms with Gasteiger partial charge in [-0.25, -0.2) is 4.99 Å². The molecular weight excluding hydrogens is 427 g/mol. The minimum atomic E-state index is 0. The van der Waals surface area contributed by atoms with Crippen LogP contribution in [0.2, 0.25) is 0 Å². The van der Waals surface area contributed by atoms with Crippen LogP contribution in [0.15, 0.2) is 29.3 Å². The number of benzene rings is 1. The molecule has 0 bridgehead atoms. The zero-order valence-corrected chi connectivity index (χ0v) is 17.9. The number of ether oxygens (including phenoxy) is 1. The van der Waals surface area contributed by atoms with Gasteiger partial charge >= 0.3 is 0 Å². The SMILES string of the molecule is CCNC(=NCc1ccccc1CC)NCCCN1CCOCC1.I. The Labute approximate surface area is 169 Å². The van der Waals surface area contributed by atoms with Crippen molar-refractivity contribution in [2.45, 2.75) is 33.2 Å². The number of nitrogens with zero attached hydrogens (tertiary/aromatic N) is 2. The minimum absolute atomic E-state index is 0. The predicted octanol–water partition coefficient (Wildman–Crippen LogP) is 2.64. The molecule has 1 fully saturated rings.